The van der Waals surface area contributed by atoms with Gasteiger partial charge in [-0.2, -0.15) is 0 Å². The highest BCUT2D eigenvalue weighted by atomic mass is 32.1. The van der Waals surface area contributed by atoms with E-state index in [1.165, 1.54) is 29.7 Å². The fourth-order valence-electron chi connectivity index (χ4n) is 3.42. The minimum absolute atomic E-state index is 0.150. The molecule has 4 heteroatoms. The summed E-state index contributed by atoms with van der Waals surface area (Å²) in [5.74, 6) is 0. The first kappa shape index (κ1) is 16.0. The van der Waals surface area contributed by atoms with Gasteiger partial charge in [0, 0.05) is 23.0 Å². The van der Waals surface area contributed by atoms with Crippen molar-refractivity contribution in [3.8, 4) is 0 Å². The first-order valence-electron chi connectivity index (χ1n) is 7.54. The van der Waals surface area contributed by atoms with E-state index in [1.807, 2.05) is 11.3 Å². The van der Waals surface area contributed by atoms with Gasteiger partial charge in [-0.25, -0.2) is 0 Å². The Morgan fingerprint density at radius 2 is 2.00 bits per heavy atom. The topological polar surface area (TPSA) is 32.5 Å². The normalized spacial score (nSPS) is 21.0. The van der Waals surface area contributed by atoms with Crippen LogP contribution in [-0.4, -0.2) is 49.1 Å². The molecule has 0 radical (unpaired) electrons. The molecule has 0 bridgehead atoms. The number of aryl methyl sites for hydroxylation is 1. The molecule has 2 unspecified atom stereocenters. The van der Waals surface area contributed by atoms with Crippen LogP contribution in [0.1, 0.15) is 42.7 Å². The standard InChI is InChI=1S/C16H29N3S/c1-12-7-10-20-15(12)14(13(2)17)19(5)11-16(18(3)4)8-6-9-16/h7,10,13-14H,6,8-9,11,17H2,1-5H3. The van der Waals surface area contributed by atoms with Gasteiger partial charge in [-0.15, -0.1) is 11.3 Å². The number of thiophene rings is 1. The molecule has 1 heterocycles. The first-order chi connectivity index (χ1) is 9.37. The quantitative estimate of drug-likeness (QED) is 0.876. The predicted molar refractivity (Wildman–Crippen MR) is 88.3 cm³/mol. The van der Waals surface area contributed by atoms with Crippen LogP contribution in [0.2, 0.25) is 0 Å². The summed E-state index contributed by atoms with van der Waals surface area (Å²) in [4.78, 5) is 6.31. The number of rotatable bonds is 6. The van der Waals surface area contributed by atoms with E-state index < -0.39 is 0 Å². The molecule has 0 aromatic carbocycles. The zero-order valence-electron chi connectivity index (χ0n) is 13.5. The smallest absolute Gasteiger partial charge is 0.0591 e. The zero-order valence-corrected chi connectivity index (χ0v) is 14.3. The van der Waals surface area contributed by atoms with Crippen LogP contribution >= 0.6 is 11.3 Å². The second-order valence-corrected chi connectivity index (χ2v) is 7.61. The van der Waals surface area contributed by atoms with Crippen LogP contribution in [0.25, 0.3) is 0 Å². The SMILES string of the molecule is Cc1ccsc1C(C(C)N)N(C)CC1(N(C)C)CCC1. The summed E-state index contributed by atoms with van der Waals surface area (Å²) in [6, 6.07) is 2.68. The Morgan fingerprint density at radius 1 is 1.35 bits per heavy atom. The lowest BCUT2D eigenvalue weighted by Gasteiger charge is -2.50. The largest absolute Gasteiger partial charge is 0.326 e. The lowest BCUT2D eigenvalue weighted by Crippen LogP contribution is -2.58. The summed E-state index contributed by atoms with van der Waals surface area (Å²) < 4.78 is 0. The minimum atomic E-state index is 0.150. The molecule has 0 amide bonds. The number of likely N-dealkylation sites (N-methyl/N-ethyl adjacent to an activating group) is 2. The van der Waals surface area contributed by atoms with Crippen LogP contribution in [0.4, 0.5) is 0 Å². The Hall–Kier alpha value is -0.420. The first-order valence-corrected chi connectivity index (χ1v) is 8.42. The van der Waals surface area contributed by atoms with E-state index in [0.29, 0.717) is 11.6 Å². The molecule has 1 aliphatic carbocycles. The summed E-state index contributed by atoms with van der Waals surface area (Å²) in [7, 11) is 6.66. The van der Waals surface area contributed by atoms with Crippen molar-refractivity contribution in [3.63, 3.8) is 0 Å². The van der Waals surface area contributed by atoms with Crippen molar-refractivity contribution in [2.24, 2.45) is 5.73 Å². The number of hydrogen-bond acceptors (Lipinski definition) is 4. The molecule has 1 saturated carbocycles. The summed E-state index contributed by atoms with van der Waals surface area (Å²) in [5.41, 5.74) is 8.03. The number of hydrogen-bond donors (Lipinski definition) is 1. The van der Waals surface area contributed by atoms with Crippen molar-refractivity contribution in [3.05, 3.63) is 21.9 Å². The molecule has 0 saturated heterocycles. The Labute approximate surface area is 127 Å². The summed E-state index contributed by atoms with van der Waals surface area (Å²) >= 11 is 1.84. The van der Waals surface area contributed by atoms with Crippen LogP contribution in [-0.2, 0) is 0 Å². The van der Waals surface area contributed by atoms with Gasteiger partial charge < -0.3 is 10.6 Å². The van der Waals surface area contributed by atoms with Gasteiger partial charge in [-0.1, -0.05) is 0 Å². The second-order valence-electron chi connectivity index (χ2n) is 6.66. The molecule has 114 valence electrons. The molecule has 0 spiro atoms. The average Bonchev–Trinajstić information content (AvgIpc) is 2.69. The third-order valence-electron chi connectivity index (χ3n) is 4.92. The molecule has 2 atom stereocenters. The maximum Gasteiger partial charge on any atom is 0.0591 e. The molecule has 2 N–H and O–H groups in total. The predicted octanol–water partition coefficient (Wildman–Crippen LogP) is 2.86. The Morgan fingerprint density at radius 3 is 2.35 bits per heavy atom. The number of nitrogens with zero attached hydrogens (tertiary/aromatic N) is 2. The number of nitrogens with two attached hydrogens (primary N) is 1. The monoisotopic (exact) mass is 295 g/mol. The fraction of sp³-hybridized carbons (Fsp3) is 0.750. The third kappa shape index (κ3) is 2.93. The fourth-order valence-corrected chi connectivity index (χ4v) is 4.63. The van der Waals surface area contributed by atoms with Gasteiger partial charge in [-0.05, 0) is 71.3 Å². The third-order valence-corrected chi connectivity index (χ3v) is 6.01. The van der Waals surface area contributed by atoms with Gasteiger partial charge in [0.2, 0.25) is 0 Å². The van der Waals surface area contributed by atoms with Crippen molar-refractivity contribution < 1.29 is 0 Å². The maximum absolute atomic E-state index is 6.30. The molecule has 1 aromatic heterocycles. The minimum Gasteiger partial charge on any atom is -0.326 e. The van der Waals surface area contributed by atoms with Gasteiger partial charge in [0.15, 0.2) is 0 Å². The van der Waals surface area contributed by atoms with Crippen molar-refractivity contribution in [1.82, 2.24) is 9.80 Å². The lowest BCUT2D eigenvalue weighted by atomic mass is 9.75. The van der Waals surface area contributed by atoms with Crippen molar-refractivity contribution >= 4 is 11.3 Å². The highest BCUT2D eigenvalue weighted by Gasteiger charge is 2.41. The summed E-state index contributed by atoms with van der Waals surface area (Å²) in [6.07, 6.45) is 3.96. The van der Waals surface area contributed by atoms with Crippen LogP contribution in [0.15, 0.2) is 11.4 Å². The van der Waals surface area contributed by atoms with Crippen LogP contribution in [0, 0.1) is 6.92 Å². The maximum atomic E-state index is 6.30. The van der Waals surface area contributed by atoms with Crippen LogP contribution in [0.3, 0.4) is 0 Å². The molecule has 2 rings (SSSR count). The molecule has 1 fully saturated rings. The molecule has 1 aromatic rings. The van der Waals surface area contributed by atoms with Gasteiger partial charge in [0.1, 0.15) is 0 Å². The molecule has 3 nitrogen and oxygen atoms in total. The van der Waals surface area contributed by atoms with Gasteiger partial charge in [0.05, 0.1) is 6.04 Å². The van der Waals surface area contributed by atoms with Gasteiger partial charge >= 0.3 is 0 Å². The molecule has 0 aliphatic heterocycles. The second kappa shape index (κ2) is 6.14. The van der Waals surface area contributed by atoms with E-state index in [4.69, 9.17) is 5.73 Å². The molecular weight excluding hydrogens is 266 g/mol. The van der Waals surface area contributed by atoms with Crippen molar-refractivity contribution in [2.45, 2.75) is 50.7 Å². The van der Waals surface area contributed by atoms with Gasteiger partial charge in [-0.3, -0.25) is 4.90 Å². The summed E-state index contributed by atoms with van der Waals surface area (Å²) in [6.45, 7) is 5.42. The lowest BCUT2D eigenvalue weighted by molar-refractivity contribution is 0.0135. The molecular formula is C16H29N3S. The zero-order chi connectivity index (χ0) is 14.9. The Balaban J connectivity index is 2.16. The Bertz CT molecular complexity index is 435. The van der Waals surface area contributed by atoms with E-state index in [1.54, 1.807) is 0 Å². The highest BCUT2D eigenvalue weighted by Crippen LogP contribution is 2.39. The van der Waals surface area contributed by atoms with Crippen LogP contribution in [0.5, 0.6) is 0 Å². The van der Waals surface area contributed by atoms with E-state index in [2.05, 4.69) is 56.2 Å². The molecule has 1 aliphatic rings. The van der Waals surface area contributed by atoms with E-state index in [9.17, 15) is 0 Å². The Kier molecular flexibility index (Phi) is 4.90. The van der Waals surface area contributed by atoms with Crippen molar-refractivity contribution in [1.29, 1.82) is 0 Å². The van der Waals surface area contributed by atoms with Crippen LogP contribution < -0.4 is 5.73 Å². The van der Waals surface area contributed by atoms with E-state index in [0.717, 1.165) is 6.54 Å². The molecule has 20 heavy (non-hydrogen) atoms. The highest BCUT2D eigenvalue weighted by molar-refractivity contribution is 7.10. The van der Waals surface area contributed by atoms with E-state index in [-0.39, 0.29) is 6.04 Å². The average molecular weight is 295 g/mol. The van der Waals surface area contributed by atoms with Crippen molar-refractivity contribution in [2.75, 3.05) is 27.7 Å². The van der Waals surface area contributed by atoms with Gasteiger partial charge in [0.25, 0.3) is 0 Å². The van der Waals surface area contributed by atoms with E-state index >= 15 is 0 Å². The summed E-state index contributed by atoms with van der Waals surface area (Å²) in [5, 5.41) is 2.18.